The molecule has 19 heavy (non-hydrogen) atoms. The van der Waals surface area contributed by atoms with E-state index in [0.717, 1.165) is 30.9 Å². The lowest BCUT2D eigenvalue weighted by molar-refractivity contribution is 0.198. The van der Waals surface area contributed by atoms with Gasteiger partial charge in [-0.3, -0.25) is 0 Å². The first-order valence-corrected chi connectivity index (χ1v) is 7.30. The average Bonchev–Trinajstić information content (AvgIpc) is 3.21. The minimum atomic E-state index is 0.223. The Balaban J connectivity index is 2.09. The topological polar surface area (TPSA) is 30.5 Å². The lowest BCUT2D eigenvalue weighted by Gasteiger charge is -2.19. The molecule has 3 nitrogen and oxygen atoms in total. The van der Waals surface area contributed by atoms with Crippen molar-refractivity contribution in [3.63, 3.8) is 0 Å². The minimum absolute atomic E-state index is 0.223. The second-order valence-corrected chi connectivity index (χ2v) is 5.32. The fourth-order valence-corrected chi connectivity index (χ4v) is 2.20. The van der Waals surface area contributed by atoms with Crippen LogP contribution in [0.2, 0.25) is 0 Å². The van der Waals surface area contributed by atoms with E-state index in [-0.39, 0.29) is 6.10 Å². The van der Waals surface area contributed by atoms with Gasteiger partial charge in [-0.15, -0.1) is 0 Å². The van der Waals surface area contributed by atoms with Gasteiger partial charge in [0.05, 0.1) is 13.2 Å². The molecule has 1 aliphatic carbocycles. The van der Waals surface area contributed by atoms with Gasteiger partial charge in [0.1, 0.15) is 0 Å². The van der Waals surface area contributed by atoms with Crippen molar-refractivity contribution in [2.24, 2.45) is 0 Å². The van der Waals surface area contributed by atoms with Crippen LogP contribution >= 0.6 is 0 Å². The van der Waals surface area contributed by atoms with Crippen molar-refractivity contribution in [1.82, 2.24) is 5.32 Å². The maximum Gasteiger partial charge on any atom is 0.166 e. The molecule has 1 saturated carbocycles. The Morgan fingerprint density at radius 2 is 2.16 bits per heavy atom. The summed E-state index contributed by atoms with van der Waals surface area (Å²) in [7, 11) is 1.70. The quantitative estimate of drug-likeness (QED) is 0.778. The summed E-state index contributed by atoms with van der Waals surface area (Å²) in [5.41, 5.74) is 1.19. The third-order valence-electron chi connectivity index (χ3n) is 3.45. The number of methoxy groups -OCH3 is 1. The second kappa shape index (κ2) is 6.80. The van der Waals surface area contributed by atoms with E-state index in [1.54, 1.807) is 7.11 Å². The molecule has 1 fully saturated rings. The Morgan fingerprint density at radius 3 is 2.79 bits per heavy atom. The van der Waals surface area contributed by atoms with Gasteiger partial charge < -0.3 is 14.8 Å². The molecule has 0 saturated heterocycles. The standard InChI is InChI=1S/C16H25NO2/c1-4-6-12(2)19-16-13(11-17-14-9-10-14)7-5-8-15(16)18-3/h5,7-8,12,14,17H,4,6,9-11H2,1-3H3. The van der Waals surface area contributed by atoms with Crippen LogP contribution in [0.25, 0.3) is 0 Å². The lowest BCUT2D eigenvalue weighted by Crippen LogP contribution is -2.18. The van der Waals surface area contributed by atoms with Gasteiger partial charge in [-0.2, -0.15) is 0 Å². The Bertz CT molecular complexity index is 402. The molecule has 1 N–H and O–H groups in total. The average molecular weight is 263 g/mol. The van der Waals surface area contributed by atoms with Crippen molar-refractivity contribution < 1.29 is 9.47 Å². The van der Waals surface area contributed by atoms with Crippen molar-refractivity contribution >= 4 is 0 Å². The molecular formula is C16H25NO2. The number of hydrogen-bond donors (Lipinski definition) is 1. The van der Waals surface area contributed by atoms with E-state index in [2.05, 4.69) is 25.2 Å². The molecule has 1 aromatic carbocycles. The van der Waals surface area contributed by atoms with E-state index < -0.39 is 0 Å². The number of rotatable bonds is 8. The summed E-state index contributed by atoms with van der Waals surface area (Å²) < 4.78 is 11.5. The van der Waals surface area contributed by atoms with Gasteiger partial charge in [-0.05, 0) is 32.3 Å². The molecule has 106 valence electrons. The summed E-state index contributed by atoms with van der Waals surface area (Å²) in [5, 5.41) is 3.53. The van der Waals surface area contributed by atoms with Crippen molar-refractivity contribution in [3.8, 4) is 11.5 Å². The van der Waals surface area contributed by atoms with E-state index in [0.29, 0.717) is 6.04 Å². The summed E-state index contributed by atoms with van der Waals surface area (Å²) in [6.45, 7) is 5.15. The predicted octanol–water partition coefficient (Wildman–Crippen LogP) is 3.51. The van der Waals surface area contributed by atoms with Crippen LogP contribution in [0.4, 0.5) is 0 Å². The zero-order chi connectivity index (χ0) is 13.7. The highest BCUT2D eigenvalue weighted by atomic mass is 16.5. The van der Waals surface area contributed by atoms with Gasteiger partial charge >= 0.3 is 0 Å². The van der Waals surface area contributed by atoms with Crippen molar-refractivity contribution in [2.45, 2.75) is 58.2 Å². The van der Waals surface area contributed by atoms with Crippen LogP contribution in [0, 0.1) is 0 Å². The SMILES string of the molecule is CCCC(C)Oc1c(CNC2CC2)cccc1OC. The highest BCUT2D eigenvalue weighted by Gasteiger charge is 2.21. The third-order valence-corrected chi connectivity index (χ3v) is 3.45. The highest BCUT2D eigenvalue weighted by molar-refractivity contribution is 5.46. The first kappa shape index (κ1) is 14.2. The first-order valence-electron chi connectivity index (χ1n) is 7.30. The van der Waals surface area contributed by atoms with Gasteiger partial charge in [-0.25, -0.2) is 0 Å². The van der Waals surface area contributed by atoms with Crippen LogP contribution in [0.5, 0.6) is 11.5 Å². The molecule has 0 aliphatic heterocycles. The first-order chi connectivity index (χ1) is 9.24. The van der Waals surface area contributed by atoms with Crippen LogP contribution < -0.4 is 14.8 Å². The van der Waals surface area contributed by atoms with Crippen molar-refractivity contribution in [2.75, 3.05) is 7.11 Å². The van der Waals surface area contributed by atoms with Crippen LogP contribution in [0.1, 0.15) is 45.1 Å². The number of benzene rings is 1. The Kier molecular flexibility index (Phi) is 5.08. The van der Waals surface area contributed by atoms with Crippen LogP contribution in [-0.2, 0) is 6.54 Å². The van der Waals surface area contributed by atoms with E-state index in [9.17, 15) is 0 Å². The summed E-state index contributed by atoms with van der Waals surface area (Å²) in [5.74, 6) is 1.73. The molecule has 1 unspecified atom stereocenters. The maximum atomic E-state index is 6.10. The van der Waals surface area contributed by atoms with Crippen molar-refractivity contribution in [1.29, 1.82) is 0 Å². The second-order valence-electron chi connectivity index (χ2n) is 5.32. The van der Waals surface area contributed by atoms with E-state index in [1.807, 2.05) is 12.1 Å². The Hall–Kier alpha value is -1.22. The van der Waals surface area contributed by atoms with Gasteiger partial charge in [0.25, 0.3) is 0 Å². The maximum absolute atomic E-state index is 6.10. The van der Waals surface area contributed by atoms with Gasteiger partial charge in [0, 0.05) is 18.2 Å². The van der Waals surface area contributed by atoms with Crippen LogP contribution in [0.3, 0.4) is 0 Å². The Labute approximate surface area is 116 Å². The number of para-hydroxylation sites is 1. The summed E-state index contributed by atoms with van der Waals surface area (Å²) in [4.78, 5) is 0. The zero-order valence-electron chi connectivity index (χ0n) is 12.2. The third kappa shape index (κ3) is 4.13. The van der Waals surface area contributed by atoms with Gasteiger partial charge in [-0.1, -0.05) is 25.5 Å². The summed E-state index contributed by atoms with van der Waals surface area (Å²) in [6, 6.07) is 6.81. The zero-order valence-corrected chi connectivity index (χ0v) is 12.2. The van der Waals surface area contributed by atoms with Gasteiger partial charge in [0.2, 0.25) is 0 Å². The molecule has 0 bridgehead atoms. The predicted molar refractivity (Wildman–Crippen MR) is 77.9 cm³/mol. The highest BCUT2D eigenvalue weighted by Crippen LogP contribution is 2.33. The molecule has 0 heterocycles. The molecule has 1 aromatic rings. The lowest BCUT2D eigenvalue weighted by atomic mass is 10.1. The smallest absolute Gasteiger partial charge is 0.166 e. The molecule has 0 spiro atoms. The number of nitrogens with one attached hydrogen (secondary N) is 1. The summed E-state index contributed by atoms with van der Waals surface area (Å²) >= 11 is 0. The van der Waals surface area contributed by atoms with E-state index >= 15 is 0 Å². The number of hydrogen-bond acceptors (Lipinski definition) is 3. The minimum Gasteiger partial charge on any atom is -0.493 e. The van der Waals surface area contributed by atoms with Gasteiger partial charge in [0.15, 0.2) is 11.5 Å². The van der Waals surface area contributed by atoms with Crippen molar-refractivity contribution in [3.05, 3.63) is 23.8 Å². The number of ether oxygens (including phenoxy) is 2. The summed E-state index contributed by atoms with van der Waals surface area (Å²) in [6.07, 6.45) is 5.01. The van der Waals surface area contributed by atoms with Crippen LogP contribution in [0.15, 0.2) is 18.2 Å². The monoisotopic (exact) mass is 263 g/mol. The molecule has 0 aromatic heterocycles. The largest absolute Gasteiger partial charge is 0.493 e. The Morgan fingerprint density at radius 1 is 1.37 bits per heavy atom. The van der Waals surface area contributed by atoms with Crippen LogP contribution in [-0.4, -0.2) is 19.3 Å². The molecule has 3 heteroatoms. The van der Waals surface area contributed by atoms with E-state index in [1.165, 1.54) is 18.4 Å². The molecule has 0 radical (unpaired) electrons. The molecule has 0 amide bonds. The van der Waals surface area contributed by atoms with E-state index in [4.69, 9.17) is 9.47 Å². The normalized spacial score (nSPS) is 16.2. The molecule has 2 rings (SSSR count). The molecule has 1 atom stereocenters. The molecular weight excluding hydrogens is 238 g/mol. The molecule has 1 aliphatic rings. The fourth-order valence-electron chi connectivity index (χ4n) is 2.20. The fraction of sp³-hybridized carbons (Fsp3) is 0.625.